The molecule has 0 radical (unpaired) electrons. The SMILES string of the molecule is CCCN(Cc1c(C)nn(-c2ccccc2)c1N1CCN(CC)CC1)C(=O)c1ccc(C(C)(C)C)cc1. The van der Waals surface area contributed by atoms with Crippen molar-refractivity contribution in [3.63, 3.8) is 0 Å². The van der Waals surface area contributed by atoms with E-state index >= 15 is 0 Å². The van der Waals surface area contributed by atoms with Gasteiger partial charge in [-0.05, 0) is 55.1 Å². The van der Waals surface area contributed by atoms with E-state index in [1.807, 2.05) is 23.1 Å². The van der Waals surface area contributed by atoms with Crippen molar-refractivity contribution in [2.45, 2.75) is 59.9 Å². The molecule has 0 unspecified atom stereocenters. The molecule has 0 saturated carbocycles. The molecule has 6 heteroatoms. The van der Waals surface area contributed by atoms with Gasteiger partial charge in [0, 0.05) is 43.9 Å². The Hall–Kier alpha value is -3.12. The third-order valence-electron chi connectivity index (χ3n) is 7.40. The first-order chi connectivity index (χ1) is 17.7. The Labute approximate surface area is 222 Å². The molecule has 0 spiro atoms. The van der Waals surface area contributed by atoms with Gasteiger partial charge in [0.15, 0.2) is 0 Å². The third-order valence-corrected chi connectivity index (χ3v) is 7.40. The first-order valence-corrected chi connectivity index (χ1v) is 13.7. The van der Waals surface area contributed by atoms with Crippen LogP contribution in [0.2, 0.25) is 0 Å². The van der Waals surface area contributed by atoms with Gasteiger partial charge in [0.2, 0.25) is 0 Å². The number of benzene rings is 2. The lowest BCUT2D eigenvalue weighted by Gasteiger charge is -2.36. The molecule has 0 N–H and O–H groups in total. The van der Waals surface area contributed by atoms with E-state index in [2.05, 4.69) is 92.4 Å². The Morgan fingerprint density at radius 2 is 1.59 bits per heavy atom. The van der Waals surface area contributed by atoms with Gasteiger partial charge in [-0.1, -0.05) is 65.0 Å². The van der Waals surface area contributed by atoms with E-state index in [9.17, 15) is 4.79 Å². The smallest absolute Gasteiger partial charge is 0.254 e. The summed E-state index contributed by atoms with van der Waals surface area (Å²) in [4.78, 5) is 20.7. The zero-order valence-corrected chi connectivity index (χ0v) is 23.5. The second-order valence-corrected chi connectivity index (χ2v) is 11.1. The number of aryl methyl sites for hydroxylation is 1. The monoisotopic (exact) mass is 501 g/mol. The fourth-order valence-electron chi connectivity index (χ4n) is 5.09. The van der Waals surface area contributed by atoms with Gasteiger partial charge in [-0.25, -0.2) is 4.68 Å². The van der Waals surface area contributed by atoms with Crippen molar-refractivity contribution in [3.05, 3.63) is 77.0 Å². The van der Waals surface area contributed by atoms with Crippen molar-refractivity contribution >= 4 is 11.7 Å². The van der Waals surface area contributed by atoms with Crippen LogP contribution in [0.5, 0.6) is 0 Å². The molecule has 1 fully saturated rings. The number of piperazine rings is 1. The number of para-hydroxylation sites is 1. The molecule has 1 aromatic heterocycles. The topological polar surface area (TPSA) is 44.6 Å². The number of carbonyl (C=O) groups is 1. The van der Waals surface area contributed by atoms with Crippen molar-refractivity contribution < 1.29 is 4.79 Å². The predicted molar refractivity (Wildman–Crippen MR) is 153 cm³/mol. The number of anilines is 1. The van der Waals surface area contributed by atoms with Gasteiger partial charge in [0.05, 0.1) is 17.9 Å². The average molecular weight is 502 g/mol. The zero-order valence-electron chi connectivity index (χ0n) is 23.5. The molecule has 1 aliphatic heterocycles. The summed E-state index contributed by atoms with van der Waals surface area (Å²) in [5.74, 6) is 1.20. The van der Waals surface area contributed by atoms with E-state index in [0.29, 0.717) is 13.1 Å². The summed E-state index contributed by atoms with van der Waals surface area (Å²) in [7, 11) is 0. The zero-order chi connectivity index (χ0) is 26.6. The highest BCUT2D eigenvalue weighted by Crippen LogP contribution is 2.30. The van der Waals surface area contributed by atoms with Crippen LogP contribution in [0.25, 0.3) is 5.69 Å². The van der Waals surface area contributed by atoms with Gasteiger partial charge in [-0.2, -0.15) is 5.10 Å². The lowest BCUT2D eigenvalue weighted by atomic mass is 9.86. The van der Waals surface area contributed by atoms with E-state index in [-0.39, 0.29) is 11.3 Å². The standard InChI is InChI=1S/C31H43N5O/c1-7-18-35(30(37)25-14-16-26(17-15-25)31(4,5)6)23-28-24(3)32-36(27-12-10-9-11-13-27)29(28)34-21-19-33(8-2)20-22-34/h9-17H,7-8,18-23H2,1-6H3. The summed E-state index contributed by atoms with van der Waals surface area (Å²) >= 11 is 0. The minimum absolute atomic E-state index is 0.0600. The predicted octanol–water partition coefficient (Wildman–Crippen LogP) is 5.67. The summed E-state index contributed by atoms with van der Waals surface area (Å²) in [5.41, 5.74) is 5.21. The van der Waals surface area contributed by atoms with Crippen LogP contribution in [-0.4, -0.2) is 64.8 Å². The van der Waals surface area contributed by atoms with Crippen molar-refractivity contribution in [1.29, 1.82) is 0 Å². The molecule has 2 aromatic carbocycles. The van der Waals surface area contributed by atoms with Gasteiger partial charge < -0.3 is 14.7 Å². The number of rotatable bonds is 8. The molecule has 1 saturated heterocycles. The molecule has 1 aliphatic rings. The number of carbonyl (C=O) groups excluding carboxylic acids is 1. The highest BCUT2D eigenvalue weighted by atomic mass is 16.2. The van der Waals surface area contributed by atoms with E-state index in [1.165, 1.54) is 5.56 Å². The highest BCUT2D eigenvalue weighted by Gasteiger charge is 2.28. The molecule has 4 rings (SSSR count). The Balaban J connectivity index is 1.69. The third kappa shape index (κ3) is 6.07. The lowest BCUT2D eigenvalue weighted by Crippen LogP contribution is -2.47. The largest absolute Gasteiger partial charge is 0.354 e. The quantitative estimate of drug-likeness (QED) is 0.399. The van der Waals surface area contributed by atoms with Crippen molar-refractivity contribution in [3.8, 4) is 5.69 Å². The van der Waals surface area contributed by atoms with Gasteiger partial charge in [0.1, 0.15) is 5.82 Å². The molecule has 3 aromatic rings. The second kappa shape index (κ2) is 11.5. The molecule has 198 valence electrons. The molecular weight excluding hydrogens is 458 g/mol. The maximum absolute atomic E-state index is 13.7. The van der Waals surface area contributed by atoms with Crippen molar-refractivity contribution in [2.75, 3.05) is 44.2 Å². The Kier molecular flexibility index (Phi) is 8.38. The van der Waals surface area contributed by atoms with Crippen LogP contribution in [0, 0.1) is 6.92 Å². The second-order valence-electron chi connectivity index (χ2n) is 11.1. The molecule has 0 atom stereocenters. The summed E-state index contributed by atoms with van der Waals surface area (Å²) in [6.45, 7) is 19.3. The van der Waals surface area contributed by atoms with Crippen molar-refractivity contribution in [2.24, 2.45) is 0 Å². The van der Waals surface area contributed by atoms with E-state index in [1.54, 1.807) is 0 Å². The van der Waals surface area contributed by atoms with E-state index in [4.69, 9.17) is 5.10 Å². The first kappa shape index (κ1) is 26.9. The molecule has 0 aliphatic carbocycles. The number of aromatic nitrogens is 2. The molecule has 2 heterocycles. The average Bonchev–Trinajstić information content (AvgIpc) is 3.23. The van der Waals surface area contributed by atoms with Crippen LogP contribution in [0.15, 0.2) is 54.6 Å². The highest BCUT2D eigenvalue weighted by molar-refractivity contribution is 5.94. The summed E-state index contributed by atoms with van der Waals surface area (Å²) in [6.07, 6.45) is 0.905. The van der Waals surface area contributed by atoms with Crippen LogP contribution in [-0.2, 0) is 12.0 Å². The first-order valence-electron chi connectivity index (χ1n) is 13.7. The van der Waals surface area contributed by atoms with Crippen LogP contribution in [0.1, 0.15) is 68.2 Å². The molecule has 37 heavy (non-hydrogen) atoms. The number of nitrogens with zero attached hydrogens (tertiary/aromatic N) is 5. The Morgan fingerprint density at radius 1 is 0.946 bits per heavy atom. The maximum Gasteiger partial charge on any atom is 0.254 e. The number of hydrogen-bond acceptors (Lipinski definition) is 4. The number of amides is 1. The molecule has 1 amide bonds. The summed E-state index contributed by atoms with van der Waals surface area (Å²) in [5, 5.41) is 5.00. The lowest BCUT2D eigenvalue weighted by molar-refractivity contribution is 0.0743. The van der Waals surface area contributed by atoms with Crippen LogP contribution < -0.4 is 4.90 Å². The summed E-state index contributed by atoms with van der Waals surface area (Å²) in [6, 6.07) is 18.5. The fraction of sp³-hybridized carbons (Fsp3) is 0.484. The Morgan fingerprint density at radius 3 is 2.16 bits per heavy atom. The summed E-state index contributed by atoms with van der Waals surface area (Å²) < 4.78 is 2.08. The van der Waals surface area contributed by atoms with E-state index < -0.39 is 0 Å². The van der Waals surface area contributed by atoms with Gasteiger partial charge in [-0.3, -0.25) is 4.79 Å². The van der Waals surface area contributed by atoms with Gasteiger partial charge in [0.25, 0.3) is 5.91 Å². The number of likely N-dealkylation sites (N-methyl/N-ethyl adjacent to an activating group) is 1. The van der Waals surface area contributed by atoms with Crippen LogP contribution in [0.3, 0.4) is 0 Å². The number of hydrogen-bond donors (Lipinski definition) is 0. The molecular formula is C31H43N5O. The van der Waals surface area contributed by atoms with Crippen molar-refractivity contribution in [1.82, 2.24) is 19.6 Å². The van der Waals surface area contributed by atoms with Gasteiger partial charge >= 0.3 is 0 Å². The van der Waals surface area contributed by atoms with Crippen LogP contribution >= 0.6 is 0 Å². The molecule has 6 nitrogen and oxygen atoms in total. The normalized spacial score (nSPS) is 14.7. The molecule has 0 bridgehead atoms. The minimum Gasteiger partial charge on any atom is -0.354 e. The van der Waals surface area contributed by atoms with E-state index in [0.717, 1.165) is 67.5 Å². The van der Waals surface area contributed by atoms with Gasteiger partial charge in [-0.15, -0.1) is 0 Å². The maximum atomic E-state index is 13.7. The Bertz CT molecular complexity index is 1170. The fourth-order valence-corrected chi connectivity index (χ4v) is 5.09. The van der Waals surface area contributed by atoms with Crippen LogP contribution in [0.4, 0.5) is 5.82 Å². The minimum atomic E-state index is 0.0600.